The minimum absolute atomic E-state index is 0.00565. The van der Waals surface area contributed by atoms with Crippen LogP contribution in [0.25, 0.3) is 0 Å². The summed E-state index contributed by atoms with van der Waals surface area (Å²) in [6.45, 7) is 1.77. The van der Waals surface area contributed by atoms with Gasteiger partial charge >= 0.3 is 5.97 Å². The predicted octanol–water partition coefficient (Wildman–Crippen LogP) is 1.01. The van der Waals surface area contributed by atoms with E-state index < -0.39 is 12.1 Å². The van der Waals surface area contributed by atoms with Gasteiger partial charge in [-0.15, -0.1) is 0 Å². The van der Waals surface area contributed by atoms with Gasteiger partial charge < -0.3 is 24.4 Å². The van der Waals surface area contributed by atoms with Gasteiger partial charge in [-0.1, -0.05) is 0 Å². The van der Waals surface area contributed by atoms with Gasteiger partial charge in [0, 0.05) is 11.6 Å². The maximum Gasteiger partial charge on any atom is 0.339 e. The van der Waals surface area contributed by atoms with Gasteiger partial charge in [0.05, 0.1) is 20.8 Å². The molecule has 6 nitrogen and oxygen atoms in total. The number of phenolic OH excluding ortho intramolecular Hbond substituents is 1. The second-order valence-corrected chi connectivity index (χ2v) is 3.42. The van der Waals surface area contributed by atoms with Crippen LogP contribution in [0.5, 0.6) is 17.2 Å². The van der Waals surface area contributed by atoms with Crippen LogP contribution < -0.4 is 9.47 Å². The summed E-state index contributed by atoms with van der Waals surface area (Å²) in [6.07, 6.45) is -1.57. The number of carbonyl (C=O) groups excluding carboxylic acids is 1. The van der Waals surface area contributed by atoms with Crippen LogP contribution in [0.3, 0.4) is 0 Å². The van der Waals surface area contributed by atoms with E-state index in [0.717, 1.165) is 0 Å². The molecule has 18 heavy (non-hydrogen) atoms. The van der Waals surface area contributed by atoms with Crippen molar-refractivity contribution >= 4 is 5.97 Å². The van der Waals surface area contributed by atoms with E-state index in [2.05, 4.69) is 4.74 Å². The predicted molar refractivity (Wildman–Crippen MR) is 62.8 cm³/mol. The Hall–Kier alpha value is -1.95. The third kappa shape index (κ3) is 2.84. The molecule has 0 saturated carbocycles. The Morgan fingerprint density at radius 2 is 1.83 bits per heavy atom. The SMILES string of the molecule is CCOC(=O)C(O)c1cc(OC)c(OC)cc1O. The summed E-state index contributed by atoms with van der Waals surface area (Å²) in [6, 6.07) is 2.59. The van der Waals surface area contributed by atoms with Crippen molar-refractivity contribution in [3.8, 4) is 17.2 Å². The van der Waals surface area contributed by atoms with Crippen LogP contribution in [0.2, 0.25) is 0 Å². The van der Waals surface area contributed by atoms with Gasteiger partial charge in [0.25, 0.3) is 0 Å². The summed E-state index contributed by atoms with van der Waals surface area (Å²) in [5.74, 6) is -0.503. The number of hydrogen-bond donors (Lipinski definition) is 2. The first-order valence-corrected chi connectivity index (χ1v) is 5.34. The second kappa shape index (κ2) is 6.11. The Balaban J connectivity index is 3.12. The van der Waals surface area contributed by atoms with Crippen LogP contribution in [0.15, 0.2) is 12.1 Å². The van der Waals surface area contributed by atoms with Gasteiger partial charge in [-0.25, -0.2) is 4.79 Å². The molecule has 0 saturated heterocycles. The zero-order chi connectivity index (χ0) is 13.7. The van der Waals surface area contributed by atoms with Crippen molar-refractivity contribution in [3.05, 3.63) is 17.7 Å². The van der Waals surface area contributed by atoms with Crippen molar-refractivity contribution in [1.29, 1.82) is 0 Å². The van der Waals surface area contributed by atoms with Crippen molar-refractivity contribution in [1.82, 2.24) is 0 Å². The maximum atomic E-state index is 11.4. The number of benzene rings is 1. The topological polar surface area (TPSA) is 85.2 Å². The fraction of sp³-hybridized carbons (Fsp3) is 0.417. The van der Waals surface area contributed by atoms with E-state index in [1.165, 1.54) is 26.4 Å². The summed E-state index contributed by atoms with van der Waals surface area (Å²) in [5, 5.41) is 19.5. The summed E-state index contributed by atoms with van der Waals surface area (Å²) >= 11 is 0. The number of aliphatic hydroxyl groups excluding tert-OH is 1. The minimum Gasteiger partial charge on any atom is -0.507 e. The highest BCUT2D eigenvalue weighted by molar-refractivity contribution is 5.77. The molecule has 6 heteroatoms. The number of aromatic hydroxyl groups is 1. The lowest BCUT2D eigenvalue weighted by Crippen LogP contribution is -2.15. The van der Waals surface area contributed by atoms with Crippen molar-refractivity contribution in [2.45, 2.75) is 13.0 Å². The summed E-state index contributed by atoms with van der Waals surface area (Å²) in [5.41, 5.74) is 0.00565. The normalized spacial score (nSPS) is 11.8. The lowest BCUT2D eigenvalue weighted by Gasteiger charge is -2.15. The number of methoxy groups -OCH3 is 2. The molecule has 1 atom stereocenters. The monoisotopic (exact) mass is 256 g/mol. The maximum absolute atomic E-state index is 11.4. The van der Waals surface area contributed by atoms with Gasteiger partial charge in [-0.05, 0) is 13.0 Å². The third-order valence-electron chi connectivity index (χ3n) is 2.34. The molecule has 0 aliphatic heterocycles. The van der Waals surface area contributed by atoms with Crippen molar-refractivity contribution in [3.63, 3.8) is 0 Å². The minimum atomic E-state index is -1.57. The molecule has 1 aromatic rings. The van der Waals surface area contributed by atoms with Gasteiger partial charge in [0.2, 0.25) is 0 Å². The zero-order valence-electron chi connectivity index (χ0n) is 10.5. The molecule has 0 bridgehead atoms. The van der Waals surface area contributed by atoms with E-state index in [9.17, 15) is 15.0 Å². The number of hydrogen-bond acceptors (Lipinski definition) is 6. The first-order chi connectivity index (χ1) is 8.54. The van der Waals surface area contributed by atoms with E-state index in [-0.39, 0.29) is 17.9 Å². The Labute approximate surface area is 105 Å². The first-order valence-electron chi connectivity index (χ1n) is 5.34. The van der Waals surface area contributed by atoms with E-state index in [1.54, 1.807) is 6.92 Å². The molecule has 0 fully saturated rings. The van der Waals surface area contributed by atoms with Gasteiger partial charge in [0.1, 0.15) is 5.75 Å². The van der Waals surface area contributed by atoms with Crippen LogP contribution in [-0.4, -0.2) is 37.0 Å². The summed E-state index contributed by atoms with van der Waals surface area (Å²) in [7, 11) is 2.83. The van der Waals surface area contributed by atoms with E-state index in [0.29, 0.717) is 11.5 Å². The van der Waals surface area contributed by atoms with Crippen LogP contribution in [0.4, 0.5) is 0 Å². The Morgan fingerprint density at radius 3 is 2.33 bits per heavy atom. The molecule has 1 unspecified atom stereocenters. The third-order valence-corrected chi connectivity index (χ3v) is 2.34. The quantitative estimate of drug-likeness (QED) is 0.765. The Kier molecular flexibility index (Phi) is 4.79. The molecule has 0 aliphatic carbocycles. The molecule has 100 valence electrons. The largest absolute Gasteiger partial charge is 0.507 e. The average Bonchev–Trinajstić information content (AvgIpc) is 2.37. The molecular formula is C12H16O6. The van der Waals surface area contributed by atoms with Gasteiger partial charge in [-0.3, -0.25) is 0 Å². The molecule has 0 radical (unpaired) electrons. The smallest absolute Gasteiger partial charge is 0.339 e. The van der Waals surface area contributed by atoms with Crippen molar-refractivity contribution < 1.29 is 29.2 Å². The molecule has 0 spiro atoms. The van der Waals surface area contributed by atoms with E-state index in [4.69, 9.17) is 9.47 Å². The highest BCUT2D eigenvalue weighted by Crippen LogP contribution is 2.37. The van der Waals surface area contributed by atoms with Crippen LogP contribution in [0, 0.1) is 0 Å². The van der Waals surface area contributed by atoms with Crippen molar-refractivity contribution in [2.75, 3.05) is 20.8 Å². The zero-order valence-corrected chi connectivity index (χ0v) is 10.5. The Morgan fingerprint density at radius 1 is 1.28 bits per heavy atom. The van der Waals surface area contributed by atoms with E-state index >= 15 is 0 Å². The highest BCUT2D eigenvalue weighted by Gasteiger charge is 2.24. The molecule has 0 aliphatic rings. The van der Waals surface area contributed by atoms with Crippen LogP contribution in [0.1, 0.15) is 18.6 Å². The fourth-order valence-electron chi connectivity index (χ4n) is 1.45. The number of carbonyl (C=O) groups is 1. The highest BCUT2D eigenvalue weighted by atomic mass is 16.5. The van der Waals surface area contributed by atoms with Crippen LogP contribution >= 0.6 is 0 Å². The molecule has 0 amide bonds. The molecule has 0 aromatic heterocycles. The number of phenols is 1. The van der Waals surface area contributed by atoms with E-state index in [1.807, 2.05) is 0 Å². The van der Waals surface area contributed by atoms with Gasteiger partial charge in [0.15, 0.2) is 17.6 Å². The van der Waals surface area contributed by atoms with Gasteiger partial charge in [-0.2, -0.15) is 0 Å². The molecule has 2 N–H and O–H groups in total. The second-order valence-electron chi connectivity index (χ2n) is 3.42. The molecule has 1 rings (SSSR count). The lowest BCUT2D eigenvalue weighted by molar-refractivity contribution is -0.153. The van der Waals surface area contributed by atoms with Crippen molar-refractivity contribution in [2.24, 2.45) is 0 Å². The first kappa shape index (κ1) is 14.1. The number of aliphatic hydroxyl groups is 1. The molecule has 1 aromatic carbocycles. The number of rotatable bonds is 5. The lowest BCUT2D eigenvalue weighted by atomic mass is 10.1. The Bertz CT molecular complexity index is 429. The number of esters is 1. The standard InChI is InChI=1S/C12H16O6/c1-4-18-12(15)11(14)7-5-9(16-2)10(17-3)6-8(7)13/h5-6,11,13-14H,4H2,1-3H3. The molecule has 0 heterocycles. The summed E-state index contributed by atoms with van der Waals surface area (Å²) in [4.78, 5) is 11.4. The number of ether oxygens (including phenoxy) is 3. The summed E-state index contributed by atoms with van der Waals surface area (Å²) < 4.78 is 14.7. The molecular weight excluding hydrogens is 240 g/mol. The average molecular weight is 256 g/mol. The van der Waals surface area contributed by atoms with Crippen LogP contribution in [-0.2, 0) is 9.53 Å². The fourth-order valence-corrected chi connectivity index (χ4v) is 1.45.